The molecule has 1 aliphatic heterocycles. The van der Waals surface area contributed by atoms with E-state index in [-0.39, 0.29) is 6.04 Å². The highest BCUT2D eigenvalue weighted by Crippen LogP contribution is 2.42. The van der Waals surface area contributed by atoms with Crippen molar-refractivity contribution in [2.24, 2.45) is 11.7 Å². The van der Waals surface area contributed by atoms with Crippen LogP contribution in [0.1, 0.15) is 37.8 Å². The normalized spacial score (nSPS) is 28.8. The molecule has 2 nitrogen and oxygen atoms in total. The van der Waals surface area contributed by atoms with Crippen LogP contribution in [0.5, 0.6) is 0 Å². The first-order valence-corrected chi connectivity index (χ1v) is 7.26. The molecule has 0 spiro atoms. The number of nitrogens with two attached hydrogens (primary N) is 1. The van der Waals surface area contributed by atoms with Crippen molar-refractivity contribution in [1.82, 2.24) is 0 Å². The van der Waals surface area contributed by atoms with E-state index >= 15 is 0 Å². The molecular weight excluding hydrogens is 276 g/mol. The summed E-state index contributed by atoms with van der Waals surface area (Å²) in [6.45, 7) is 3.30. The van der Waals surface area contributed by atoms with Crippen molar-refractivity contribution in [3.05, 3.63) is 28.2 Å². The highest BCUT2D eigenvalue weighted by Gasteiger charge is 2.38. The smallest absolute Gasteiger partial charge is 0.0417 e. The van der Waals surface area contributed by atoms with Crippen molar-refractivity contribution < 1.29 is 0 Å². The molecule has 1 aromatic rings. The van der Waals surface area contributed by atoms with E-state index < -0.39 is 0 Å². The second kappa shape index (κ2) is 4.29. The number of hydrogen-bond donors (Lipinski definition) is 1. The first kappa shape index (κ1) is 11.5. The summed E-state index contributed by atoms with van der Waals surface area (Å²) in [6, 6.07) is 7.39. The number of halogens is 1. The SMILES string of the molecule is CC(N)c1cc(Br)ccc1N1CC2CCC1C2. The lowest BCUT2D eigenvalue weighted by atomic mass is 10.0. The van der Waals surface area contributed by atoms with Gasteiger partial charge in [0.05, 0.1) is 0 Å². The Morgan fingerprint density at radius 2 is 2.24 bits per heavy atom. The Hall–Kier alpha value is -0.540. The van der Waals surface area contributed by atoms with Gasteiger partial charge >= 0.3 is 0 Å². The zero-order valence-corrected chi connectivity index (χ0v) is 11.8. The molecule has 0 radical (unpaired) electrons. The van der Waals surface area contributed by atoms with E-state index in [1.807, 2.05) is 0 Å². The minimum Gasteiger partial charge on any atom is -0.368 e. The van der Waals surface area contributed by atoms with Crippen LogP contribution in [0, 0.1) is 5.92 Å². The first-order chi connectivity index (χ1) is 8.15. The third kappa shape index (κ3) is 2.00. The largest absolute Gasteiger partial charge is 0.368 e. The van der Waals surface area contributed by atoms with Gasteiger partial charge in [-0.1, -0.05) is 15.9 Å². The van der Waals surface area contributed by atoms with E-state index in [2.05, 4.69) is 46.0 Å². The Bertz CT molecular complexity index is 430. The highest BCUT2D eigenvalue weighted by molar-refractivity contribution is 9.10. The van der Waals surface area contributed by atoms with Crippen molar-refractivity contribution in [3.8, 4) is 0 Å². The quantitative estimate of drug-likeness (QED) is 0.905. The molecule has 2 N–H and O–H groups in total. The van der Waals surface area contributed by atoms with Gasteiger partial charge < -0.3 is 10.6 Å². The molecule has 1 saturated carbocycles. The van der Waals surface area contributed by atoms with Gasteiger partial charge in [-0.05, 0) is 55.9 Å². The lowest BCUT2D eigenvalue weighted by molar-refractivity contribution is 0.551. The van der Waals surface area contributed by atoms with Gasteiger partial charge in [0.1, 0.15) is 0 Å². The summed E-state index contributed by atoms with van der Waals surface area (Å²) in [4.78, 5) is 2.58. The summed E-state index contributed by atoms with van der Waals surface area (Å²) in [7, 11) is 0. The predicted octanol–water partition coefficient (Wildman–Crippen LogP) is 3.46. The molecule has 3 rings (SSSR count). The minimum absolute atomic E-state index is 0.0987. The molecule has 0 amide bonds. The van der Waals surface area contributed by atoms with E-state index in [9.17, 15) is 0 Å². The van der Waals surface area contributed by atoms with E-state index in [4.69, 9.17) is 5.73 Å². The van der Waals surface area contributed by atoms with Gasteiger partial charge in [-0.3, -0.25) is 0 Å². The van der Waals surface area contributed by atoms with Crippen molar-refractivity contribution in [3.63, 3.8) is 0 Å². The van der Waals surface area contributed by atoms with Crippen molar-refractivity contribution in [2.75, 3.05) is 11.4 Å². The third-order valence-electron chi connectivity index (χ3n) is 4.20. The Kier molecular flexibility index (Phi) is 2.91. The van der Waals surface area contributed by atoms with Crippen molar-refractivity contribution >= 4 is 21.6 Å². The van der Waals surface area contributed by atoms with Gasteiger partial charge in [0.15, 0.2) is 0 Å². The number of benzene rings is 1. The second-order valence-electron chi connectivity index (χ2n) is 5.48. The highest BCUT2D eigenvalue weighted by atomic mass is 79.9. The molecular formula is C14H19BrN2. The fourth-order valence-electron chi connectivity index (χ4n) is 3.37. The summed E-state index contributed by atoms with van der Waals surface area (Å²) < 4.78 is 1.12. The van der Waals surface area contributed by atoms with E-state index in [1.54, 1.807) is 0 Å². The molecule has 1 saturated heterocycles. The average molecular weight is 295 g/mol. The monoisotopic (exact) mass is 294 g/mol. The van der Waals surface area contributed by atoms with E-state index in [1.165, 1.54) is 37.1 Å². The first-order valence-electron chi connectivity index (χ1n) is 6.47. The van der Waals surface area contributed by atoms with Gasteiger partial charge in [0.25, 0.3) is 0 Å². The van der Waals surface area contributed by atoms with Gasteiger partial charge in [-0.15, -0.1) is 0 Å². The molecule has 0 aromatic heterocycles. The van der Waals surface area contributed by atoms with Crippen LogP contribution < -0.4 is 10.6 Å². The summed E-state index contributed by atoms with van der Waals surface area (Å²) in [5.41, 5.74) is 8.73. The van der Waals surface area contributed by atoms with Gasteiger partial charge in [0, 0.05) is 28.8 Å². The van der Waals surface area contributed by atoms with E-state index in [0.717, 1.165) is 16.4 Å². The molecule has 17 heavy (non-hydrogen) atoms. The van der Waals surface area contributed by atoms with Crippen LogP contribution >= 0.6 is 15.9 Å². The maximum absolute atomic E-state index is 6.10. The molecule has 3 unspecified atom stereocenters. The summed E-state index contributed by atoms with van der Waals surface area (Å²) in [5, 5.41) is 0. The molecule has 2 aliphatic rings. The third-order valence-corrected chi connectivity index (χ3v) is 4.69. The van der Waals surface area contributed by atoms with Crippen LogP contribution in [0.4, 0.5) is 5.69 Å². The number of nitrogens with zero attached hydrogens (tertiary/aromatic N) is 1. The van der Waals surface area contributed by atoms with Gasteiger partial charge in [0.2, 0.25) is 0 Å². The molecule has 92 valence electrons. The summed E-state index contributed by atoms with van der Waals surface area (Å²) in [6.07, 6.45) is 4.17. The van der Waals surface area contributed by atoms with Crippen LogP contribution in [-0.2, 0) is 0 Å². The van der Waals surface area contributed by atoms with Crippen molar-refractivity contribution in [2.45, 2.75) is 38.3 Å². The topological polar surface area (TPSA) is 29.3 Å². The predicted molar refractivity (Wildman–Crippen MR) is 75.2 cm³/mol. The van der Waals surface area contributed by atoms with Crippen LogP contribution in [0.2, 0.25) is 0 Å². The standard InChI is InChI=1S/C14H19BrN2/c1-9(16)13-7-11(15)3-5-14(13)17-8-10-2-4-12(17)6-10/h3,5,7,9-10,12H,2,4,6,8,16H2,1H3. The molecule has 1 heterocycles. The summed E-state index contributed by atoms with van der Waals surface area (Å²) in [5.74, 6) is 0.921. The van der Waals surface area contributed by atoms with Crippen LogP contribution in [0.3, 0.4) is 0 Å². The maximum Gasteiger partial charge on any atom is 0.0417 e. The van der Waals surface area contributed by atoms with Crippen LogP contribution in [0.15, 0.2) is 22.7 Å². The molecule has 3 atom stereocenters. The average Bonchev–Trinajstić information content (AvgIpc) is 2.90. The fourth-order valence-corrected chi connectivity index (χ4v) is 3.75. The lowest BCUT2D eigenvalue weighted by Crippen LogP contribution is -2.33. The lowest BCUT2D eigenvalue weighted by Gasteiger charge is -2.32. The second-order valence-corrected chi connectivity index (χ2v) is 6.39. The van der Waals surface area contributed by atoms with E-state index in [0.29, 0.717) is 0 Å². The number of fused-ring (bicyclic) bond motifs is 2. The Morgan fingerprint density at radius 1 is 1.41 bits per heavy atom. The van der Waals surface area contributed by atoms with Crippen LogP contribution in [-0.4, -0.2) is 12.6 Å². The zero-order chi connectivity index (χ0) is 12.0. The van der Waals surface area contributed by atoms with Gasteiger partial charge in [-0.25, -0.2) is 0 Å². The fraction of sp³-hybridized carbons (Fsp3) is 0.571. The number of hydrogen-bond acceptors (Lipinski definition) is 2. The summed E-state index contributed by atoms with van der Waals surface area (Å²) >= 11 is 3.54. The van der Waals surface area contributed by atoms with Gasteiger partial charge in [-0.2, -0.15) is 0 Å². The molecule has 1 aliphatic carbocycles. The Balaban J connectivity index is 1.97. The van der Waals surface area contributed by atoms with Crippen molar-refractivity contribution in [1.29, 1.82) is 0 Å². The number of piperidine rings is 1. The zero-order valence-electron chi connectivity index (χ0n) is 10.2. The number of rotatable bonds is 2. The molecule has 2 bridgehead atoms. The minimum atomic E-state index is 0.0987. The Morgan fingerprint density at radius 3 is 2.82 bits per heavy atom. The maximum atomic E-state index is 6.10. The Labute approximate surface area is 111 Å². The molecule has 2 fully saturated rings. The van der Waals surface area contributed by atoms with Crippen LogP contribution in [0.25, 0.3) is 0 Å². The number of anilines is 1. The molecule has 1 aromatic carbocycles. The molecule has 3 heteroatoms.